The van der Waals surface area contributed by atoms with Crippen LogP contribution in [0.5, 0.6) is 5.75 Å². The van der Waals surface area contributed by atoms with E-state index in [1.165, 1.54) is 18.2 Å². The van der Waals surface area contributed by atoms with Gasteiger partial charge in [-0.25, -0.2) is 4.79 Å². The minimum absolute atomic E-state index is 0.0329. The summed E-state index contributed by atoms with van der Waals surface area (Å²) < 4.78 is 46.8. The minimum Gasteiger partial charge on any atom is -0.507 e. The molecular formula is C25H25F3N4O3. The number of piperidine rings is 1. The standard InChI is InChI=1S/C25H25F3N4O3/c1-2-35-24(34)15-9-10-17(19(12-15)25(26,27)28)16-6-5-11-32(14-16)21-13-20(30-31-23(21)29)18-7-3-4-8-22(18)33/h3-4,7-10,12-13,16,33H,2,5-6,11,14H2,1H3,(H2,29,31)/t16-/m0/s1. The van der Waals surface area contributed by atoms with Crippen LogP contribution < -0.4 is 10.6 Å². The van der Waals surface area contributed by atoms with Crippen molar-refractivity contribution in [2.75, 3.05) is 30.3 Å². The Bertz CT molecular complexity index is 1230. The lowest BCUT2D eigenvalue weighted by molar-refractivity contribution is -0.138. The molecule has 0 unspecified atom stereocenters. The summed E-state index contributed by atoms with van der Waals surface area (Å²) in [6.07, 6.45) is -3.45. The van der Waals surface area contributed by atoms with Crippen molar-refractivity contribution in [3.8, 4) is 17.0 Å². The van der Waals surface area contributed by atoms with Gasteiger partial charge in [-0.3, -0.25) is 0 Å². The molecule has 0 bridgehead atoms. The van der Waals surface area contributed by atoms with Crippen molar-refractivity contribution in [2.24, 2.45) is 0 Å². The summed E-state index contributed by atoms with van der Waals surface area (Å²) in [5, 5.41) is 18.3. The van der Waals surface area contributed by atoms with Crippen molar-refractivity contribution in [1.82, 2.24) is 10.2 Å². The minimum atomic E-state index is -4.63. The lowest BCUT2D eigenvalue weighted by atomic mass is 9.86. The number of alkyl halides is 3. The van der Waals surface area contributed by atoms with Crippen LogP contribution in [0.15, 0.2) is 48.5 Å². The van der Waals surface area contributed by atoms with Crippen LogP contribution in [-0.4, -0.2) is 41.0 Å². The molecule has 0 amide bonds. The maximum atomic E-state index is 14.0. The second-order valence-electron chi connectivity index (χ2n) is 8.32. The number of aromatic hydroxyl groups is 1. The first-order valence-electron chi connectivity index (χ1n) is 11.2. The number of hydrogen-bond acceptors (Lipinski definition) is 7. The molecule has 0 radical (unpaired) electrons. The number of phenolic OH excluding ortho intramolecular Hbond substituents is 1. The Kier molecular flexibility index (Phi) is 6.81. The summed E-state index contributed by atoms with van der Waals surface area (Å²) in [6, 6.07) is 12.0. The van der Waals surface area contributed by atoms with Crippen molar-refractivity contribution in [3.63, 3.8) is 0 Å². The molecular weight excluding hydrogens is 461 g/mol. The number of nitrogens with zero attached hydrogens (tertiary/aromatic N) is 3. The number of anilines is 2. The quantitative estimate of drug-likeness (QED) is 0.489. The van der Waals surface area contributed by atoms with Gasteiger partial charge in [-0.15, -0.1) is 10.2 Å². The number of nitrogen functional groups attached to an aromatic ring is 1. The monoisotopic (exact) mass is 486 g/mol. The number of phenols is 1. The number of carbonyl (C=O) groups is 1. The van der Waals surface area contributed by atoms with Crippen molar-refractivity contribution in [1.29, 1.82) is 0 Å². The number of benzene rings is 2. The Hall–Kier alpha value is -3.82. The molecule has 4 rings (SSSR count). The summed E-state index contributed by atoms with van der Waals surface area (Å²) in [5.74, 6) is -1.05. The highest BCUT2D eigenvalue weighted by Gasteiger charge is 2.37. The summed E-state index contributed by atoms with van der Waals surface area (Å²) >= 11 is 0. The number of ether oxygens (including phenoxy) is 1. The third-order valence-electron chi connectivity index (χ3n) is 6.05. The molecule has 0 saturated carbocycles. The Morgan fingerprint density at radius 2 is 1.97 bits per heavy atom. The van der Waals surface area contributed by atoms with Gasteiger partial charge in [0.1, 0.15) is 5.75 Å². The predicted octanol–water partition coefficient (Wildman–Crippen LogP) is 5.01. The van der Waals surface area contributed by atoms with Crippen LogP contribution >= 0.6 is 0 Å². The number of aromatic nitrogens is 2. The molecule has 2 aromatic carbocycles. The first kappa shape index (κ1) is 24.3. The van der Waals surface area contributed by atoms with Gasteiger partial charge in [0.25, 0.3) is 0 Å². The fraction of sp³-hybridized carbons (Fsp3) is 0.320. The van der Waals surface area contributed by atoms with Crippen LogP contribution in [0.25, 0.3) is 11.3 Å². The zero-order chi connectivity index (χ0) is 25.2. The summed E-state index contributed by atoms with van der Waals surface area (Å²) in [6.45, 7) is 2.52. The summed E-state index contributed by atoms with van der Waals surface area (Å²) in [5.41, 5.74) is 6.66. The van der Waals surface area contributed by atoms with Gasteiger partial charge in [0.05, 0.1) is 29.1 Å². The van der Waals surface area contributed by atoms with E-state index >= 15 is 0 Å². The highest BCUT2D eigenvalue weighted by molar-refractivity contribution is 5.89. The molecule has 1 fully saturated rings. The van der Waals surface area contributed by atoms with Gasteiger partial charge in [-0.1, -0.05) is 18.2 Å². The van der Waals surface area contributed by atoms with Crippen LogP contribution in [0.1, 0.15) is 47.2 Å². The van der Waals surface area contributed by atoms with Crippen LogP contribution in [0.4, 0.5) is 24.7 Å². The summed E-state index contributed by atoms with van der Waals surface area (Å²) in [4.78, 5) is 13.9. The van der Waals surface area contributed by atoms with Crippen molar-refractivity contribution in [3.05, 3.63) is 65.2 Å². The van der Waals surface area contributed by atoms with E-state index in [1.54, 1.807) is 31.2 Å². The molecule has 184 valence electrons. The SMILES string of the molecule is CCOC(=O)c1ccc([C@H]2CCCN(c3cc(-c4ccccc4O)nnc3N)C2)c(C(F)(F)F)c1. The third kappa shape index (κ3) is 5.16. The molecule has 1 aromatic heterocycles. The number of para-hydroxylation sites is 1. The molecule has 35 heavy (non-hydrogen) atoms. The summed E-state index contributed by atoms with van der Waals surface area (Å²) in [7, 11) is 0. The fourth-order valence-corrected chi connectivity index (χ4v) is 4.42. The van der Waals surface area contributed by atoms with Crippen molar-refractivity contribution < 1.29 is 27.8 Å². The van der Waals surface area contributed by atoms with E-state index in [2.05, 4.69) is 10.2 Å². The van der Waals surface area contributed by atoms with E-state index in [-0.39, 0.29) is 35.8 Å². The number of hydrogen-bond donors (Lipinski definition) is 2. The number of nitrogens with two attached hydrogens (primary N) is 1. The van der Waals surface area contributed by atoms with E-state index < -0.39 is 23.6 Å². The lowest BCUT2D eigenvalue weighted by Gasteiger charge is -2.36. The number of rotatable bonds is 5. The topological polar surface area (TPSA) is 102 Å². The number of esters is 1. The molecule has 1 aliphatic rings. The zero-order valence-electron chi connectivity index (χ0n) is 19.0. The van der Waals surface area contributed by atoms with E-state index in [0.717, 1.165) is 6.07 Å². The van der Waals surface area contributed by atoms with Gasteiger partial charge < -0.3 is 20.5 Å². The van der Waals surface area contributed by atoms with Crippen LogP contribution in [0, 0.1) is 0 Å². The molecule has 0 spiro atoms. The Labute approximate surface area is 200 Å². The van der Waals surface area contributed by atoms with Gasteiger partial charge >= 0.3 is 12.1 Å². The highest BCUT2D eigenvalue weighted by Crippen LogP contribution is 2.40. The van der Waals surface area contributed by atoms with E-state index in [0.29, 0.717) is 36.3 Å². The molecule has 1 atom stereocenters. The van der Waals surface area contributed by atoms with E-state index in [9.17, 15) is 23.1 Å². The maximum absolute atomic E-state index is 14.0. The zero-order valence-corrected chi connectivity index (χ0v) is 19.0. The molecule has 1 saturated heterocycles. The lowest BCUT2D eigenvalue weighted by Crippen LogP contribution is -2.35. The molecule has 1 aliphatic heterocycles. The van der Waals surface area contributed by atoms with Crippen LogP contribution in [0.3, 0.4) is 0 Å². The van der Waals surface area contributed by atoms with Gasteiger partial charge in [-0.2, -0.15) is 13.2 Å². The van der Waals surface area contributed by atoms with E-state index in [1.807, 2.05) is 4.90 Å². The predicted molar refractivity (Wildman–Crippen MR) is 125 cm³/mol. The maximum Gasteiger partial charge on any atom is 0.416 e. The molecule has 10 heteroatoms. The molecule has 2 heterocycles. The number of carbonyl (C=O) groups excluding carboxylic acids is 1. The molecule has 3 aromatic rings. The van der Waals surface area contributed by atoms with E-state index in [4.69, 9.17) is 10.5 Å². The smallest absolute Gasteiger partial charge is 0.416 e. The number of halogens is 3. The normalized spacial score (nSPS) is 16.2. The van der Waals surface area contributed by atoms with Gasteiger partial charge in [0, 0.05) is 24.6 Å². The second kappa shape index (κ2) is 9.81. The molecule has 0 aliphatic carbocycles. The average molecular weight is 486 g/mol. The second-order valence-corrected chi connectivity index (χ2v) is 8.32. The Morgan fingerprint density at radius 1 is 1.20 bits per heavy atom. The highest BCUT2D eigenvalue weighted by atomic mass is 19.4. The molecule has 7 nitrogen and oxygen atoms in total. The van der Waals surface area contributed by atoms with Crippen molar-refractivity contribution >= 4 is 17.5 Å². The van der Waals surface area contributed by atoms with Crippen molar-refractivity contribution in [2.45, 2.75) is 31.9 Å². The third-order valence-corrected chi connectivity index (χ3v) is 6.05. The largest absolute Gasteiger partial charge is 0.507 e. The van der Waals surface area contributed by atoms with Gasteiger partial charge in [0.2, 0.25) is 0 Å². The first-order chi connectivity index (χ1) is 16.7. The average Bonchev–Trinajstić information content (AvgIpc) is 2.84. The fourth-order valence-electron chi connectivity index (χ4n) is 4.42. The van der Waals surface area contributed by atoms with Gasteiger partial charge in [-0.05, 0) is 55.7 Å². The Morgan fingerprint density at radius 3 is 2.69 bits per heavy atom. The van der Waals surface area contributed by atoms with Crippen LogP contribution in [-0.2, 0) is 10.9 Å². The molecule has 3 N–H and O–H groups in total. The van der Waals surface area contributed by atoms with Gasteiger partial charge in [0.15, 0.2) is 5.82 Å². The Balaban J connectivity index is 1.67. The van der Waals surface area contributed by atoms with Crippen LogP contribution in [0.2, 0.25) is 0 Å². The first-order valence-corrected chi connectivity index (χ1v) is 11.2.